The molecule has 0 saturated carbocycles. The Morgan fingerprint density at radius 1 is 0.971 bits per heavy atom. The summed E-state index contributed by atoms with van der Waals surface area (Å²) in [5.74, 6) is 0.0495. The quantitative estimate of drug-likeness (QED) is 0.544. The maximum Gasteiger partial charge on any atom is 0.281 e. The van der Waals surface area contributed by atoms with Gasteiger partial charge < -0.3 is 10.2 Å². The number of piperazine rings is 1. The van der Waals surface area contributed by atoms with Crippen molar-refractivity contribution in [1.82, 2.24) is 18.8 Å². The predicted molar refractivity (Wildman–Crippen MR) is 136 cm³/mol. The van der Waals surface area contributed by atoms with E-state index in [4.69, 9.17) is 0 Å². The second-order valence-electron chi connectivity index (χ2n) is 10.2. The van der Waals surface area contributed by atoms with Crippen molar-refractivity contribution in [2.45, 2.75) is 39.0 Å². The van der Waals surface area contributed by atoms with E-state index in [-0.39, 0.29) is 24.2 Å². The van der Waals surface area contributed by atoms with Gasteiger partial charge in [0.15, 0.2) is 0 Å². The molecule has 1 atom stereocenters. The van der Waals surface area contributed by atoms with E-state index in [1.54, 1.807) is 4.31 Å². The van der Waals surface area contributed by atoms with Crippen LogP contribution in [0.1, 0.15) is 39.0 Å². The topological polar surface area (TPSA) is 76.2 Å². The fourth-order valence-corrected chi connectivity index (χ4v) is 7.01. The summed E-state index contributed by atoms with van der Waals surface area (Å²) >= 11 is 0. The summed E-state index contributed by atoms with van der Waals surface area (Å²) in [4.78, 5) is 17.4. The van der Waals surface area contributed by atoms with Gasteiger partial charge in [-0.3, -0.25) is 9.69 Å². The number of benzene rings is 1. The molecule has 3 aliphatic rings. The van der Waals surface area contributed by atoms with Gasteiger partial charge in [0, 0.05) is 64.6 Å². The number of halogens is 1. The number of amides is 1. The van der Waals surface area contributed by atoms with Crippen LogP contribution in [0, 0.1) is 17.7 Å². The smallest absolute Gasteiger partial charge is 0.281 e. The molecule has 0 aromatic heterocycles. The molecule has 10 heteroatoms. The van der Waals surface area contributed by atoms with Crippen LogP contribution in [0.2, 0.25) is 0 Å². The highest BCUT2D eigenvalue weighted by atomic mass is 32.2. The molecule has 35 heavy (non-hydrogen) atoms. The molecular weight excluding hydrogens is 469 g/mol. The van der Waals surface area contributed by atoms with Gasteiger partial charge in [-0.15, -0.1) is 0 Å². The van der Waals surface area contributed by atoms with E-state index in [0.717, 1.165) is 70.5 Å². The summed E-state index contributed by atoms with van der Waals surface area (Å²) in [6.45, 7) is 9.31. The highest BCUT2D eigenvalue weighted by molar-refractivity contribution is 7.86. The van der Waals surface area contributed by atoms with Gasteiger partial charge in [0.25, 0.3) is 10.2 Å². The number of piperidine rings is 2. The van der Waals surface area contributed by atoms with Gasteiger partial charge in [0.2, 0.25) is 5.91 Å². The largest absolute Gasteiger partial charge is 0.369 e. The molecule has 0 radical (unpaired) electrons. The van der Waals surface area contributed by atoms with Crippen molar-refractivity contribution in [2.75, 3.05) is 70.3 Å². The summed E-state index contributed by atoms with van der Waals surface area (Å²) in [7, 11) is -3.48. The normalized spacial score (nSPS) is 23.9. The predicted octanol–water partition coefficient (Wildman–Crippen LogP) is 2.14. The highest BCUT2D eigenvalue weighted by Gasteiger charge is 2.36. The number of anilines is 1. The lowest BCUT2D eigenvalue weighted by molar-refractivity contribution is -0.126. The molecule has 0 bridgehead atoms. The van der Waals surface area contributed by atoms with Crippen LogP contribution in [-0.2, 0) is 15.0 Å². The minimum Gasteiger partial charge on any atom is -0.369 e. The van der Waals surface area contributed by atoms with E-state index < -0.39 is 10.2 Å². The van der Waals surface area contributed by atoms with Crippen molar-refractivity contribution < 1.29 is 17.6 Å². The zero-order chi connectivity index (χ0) is 24.8. The Kier molecular flexibility index (Phi) is 9.02. The lowest BCUT2D eigenvalue weighted by atomic mass is 9.99. The van der Waals surface area contributed by atoms with Gasteiger partial charge >= 0.3 is 0 Å². The molecular formula is C25H40FN5O3S. The second kappa shape index (κ2) is 12.0. The number of carbonyl (C=O) groups is 1. The summed E-state index contributed by atoms with van der Waals surface area (Å²) in [5, 5.41) is 3.04. The summed E-state index contributed by atoms with van der Waals surface area (Å²) in [5.41, 5.74) is 1.05. The van der Waals surface area contributed by atoms with Gasteiger partial charge in [-0.2, -0.15) is 17.0 Å². The van der Waals surface area contributed by atoms with Crippen molar-refractivity contribution in [3.8, 4) is 0 Å². The molecule has 3 heterocycles. The van der Waals surface area contributed by atoms with Crippen LogP contribution in [0.5, 0.6) is 0 Å². The first kappa shape index (κ1) is 26.3. The first-order chi connectivity index (χ1) is 16.8. The molecule has 0 spiro atoms. The maximum absolute atomic E-state index is 13.1. The number of hydrogen-bond donors (Lipinski definition) is 1. The molecule has 3 saturated heterocycles. The number of nitrogens with zero attached hydrogens (tertiary/aromatic N) is 4. The average molecular weight is 510 g/mol. The number of rotatable bonds is 8. The molecule has 4 rings (SSSR count). The third kappa shape index (κ3) is 6.93. The van der Waals surface area contributed by atoms with Crippen molar-refractivity contribution >= 4 is 21.8 Å². The molecule has 0 aliphatic carbocycles. The lowest BCUT2D eigenvalue weighted by Gasteiger charge is -2.37. The lowest BCUT2D eigenvalue weighted by Crippen LogP contribution is -2.52. The molecule has 0 unspecified atom stereocenters. The fourth-order valence-electron chi connectivity index (χ4n) is 5.29. The minimum absolute atomic E-state index is 0.0294. The monoisotopic (exact) mass is 509 g/mol. The Labute approximate surface area is 209 Å². The third-order valence-corrected chi connectivity index (χ3v) is 9.67. The minimum atomic E-state index is -3.48. The van der Waals surface area contributed by atoms with E-state index in [1.807, 2.05) is 12.1 Å². The van der Waals surface area contributed by atoms with E-state index in [2.05, 4.69) is 22.0 Å². The van der Waals surface area contributed by atoms with Gasteiger partial charge in [0.1, 0.15) is 5.82 Å². The molecule has 3 fully saturated rings. The number of carbonyl (C=O) groups excluding carboxylic acids is 1. The Hall–Kier alpha value is -1.75. The van der Waals surface area contributed by atoms with E-state index >= 15 is 0 Å². The first-order valence-corrected chi connectivity index (χ1v) is 14.5. The summed E-state index contributed by atoms with van der Waals surface area (Å²) < 4.78 is 42.4. The molecule has 1 aromatic rings. The van der Waals surface area contributed by atoms with Crippen LogP contribution in [-0.4, -0.2) is 93.3 Å². The Morgan fingerprint density at radius 3 is 2.34 bits per heavy atom. The van der Waals surface area contributed by atoms with E-state index in [0.29, 0.717) is 32.1 Å². The number of hydrogen-bond acceptors (Lipinski definition) is 5. The molecule has 1 aromatic carbocycles. The molecule has 3 aliphatic heterocycles. The van der Waals surface area contributed by atoms with Gasteiger partial charge in [0.05, 0.1) is 5.92 Å². The SMILES string of the molecule is CC1CCN(S(=O)(=O)N2CCC[C@@H](C(=O)NCCCN3CCN(c4ccc(F)cc4)CC3)C2)CC1. The van der Waals surface area contributed by atoms with Crippen LogP contribution in [0.15, 0.2) is 24.3 Å². The van der Waals surface area contributed by atoms with Crippen molar-refractivity contribution in [3.05, 3.63) is 30.1 Å². The van der Waals surface area contributed by atoms with E-state index in [1.165, 1.54) is 16.4 Å². The Bertz CT molecular complexity index is 929. The molecule has 1 N–H and O–H groups in total. The van der Waals surface area contributed by atoms with Crippen LogP contribution in [0.3, 0.4) is 0 Å². The van der Waals surface area contributed by atoms with Gasteiger partial charge in [-0.1, -0.05) is 6.92 Å². The maximum atomic E-state index is 13.1. The Balaban J connectivity index is 1.15. The summed E-state index contributed by atoms with van der Waals surface area (Å²) in [6, 6.07) is 6.65. The number of nitrogens with one attached hydrogen (secondary N) is 1. The molecule has 8 nitrogen and oxygen atoms in total. The zero-order valence-corrected chi connectivity index (χ0v) is 21.7. The second-order valence-corrected chi connectivity index (χ2v) is 12.2. The standard InChI is InChI=1S/C25H40FN5O3S/c1-21-9-14-30(15-10-21)35(33,34)31-13-2-4-22(20-31)25(32)27-11-3-12-28-16-18-29(19-17-28)24-7-5-23(26)6-8-24/h5-8,21-22H,2-4,9-20H2,1H3,(H,27,32)/t22-/m1/s1. The zero-order valence-electron chi connectivity index (χ0n) is 20.9. The first-order valence-electron chi connectivity index (χ1n) is 13.1. The van der Waals surface area contributed by atoms with Gasteiger partial charge in [-0.05, 0) is 68.8 Å². The van der Waals surface area contributed by atoms with Crippen molar-refractivity contribution in [2.24, 2.45) is 11.8 Å². The van der Waals surface area contributed by atoms with Crippen molar-refractivity contribution in [3.63, 3.8) is 0 Å². The Morgan fingerprint density at radius 2 is 1.66 bits per heavy atom. The molecule has 196 valence electrons. The van der Waals surface area contributed by atoms with Gasteiger partial charge in [-0.25, -0.2) is 4.39 Å². The third-order valence-electron chi connectivity index (χ3n) is 7.66. The van der Waals surface area contributed by atoms with E-state index in [9.17, 15) is 17.6 Å². The fraction of sp³-hybridized carbons (Fsp3) is 0.720. The summed E-state index contributed by atoms with van der Waals surface area (Å²) in [6.07, 6.45) is 4.12. The van der Waals surface area contributed by atoms with Crippen LogP contribution >= 0.6 is 0 Å². The van der Waals surface area contributed by atoms with Crippen LogP contribution < -0.4 is 10.2 Å². The van der Waals surface area contributed by atoms with Crippen LogP contribution in [0.4, 0.5) is 10.1 Å². The van der Waals surface area contributed by atoms with Crippen molar-refractivity contribution in [1.29, 1.82) is 0 Å². The highest BCUT2D eigenvalue weighted by Crippen LogP contribution is 2.25. The molecule has 1 amide bonds. The average Bonchev–Trinajstić information content (AvgIpc) is 2.88. The van der Waals surface area contributed by atoms with Crippen LogP contribution in [0.25, 0.3) is 0 Å².